The predicted octanol–water partition coefficient (Wildman–Crippen LogP) is 7.41. The van der Waals surface area contributed by atoms with E-state index in [1.807, 2.05) is 0 Å². The lowest BCUT2D eigenvalue weighted by molar-refractivity contribution is 0.561. The van der Waals surface area contributed by atoms with Crippen LogP contribution in [0.15, 0.2) is 47.8 Å². The normalized spacial score (nSPS) is 11.6. The maximum atomic E-state index is 10.1. The van der Waals surface area contributed by atoms with Gasteiger partial charge in [0, 0.05) is 57.0 Å². The quantitative estimate of drug-likeness (QED) is 0.324. The second-order valence-electron chi connectivity index (χ2n) is 5.14. The van der Waals surface area contributed by atoms with Gasteiger partial charge in [-0.1, -0.05) is 0 Å². The lowest BCUT2D eigenvalue weighted by Crippen LogP contribution is -2.28. The zero-order valence-corrected chi connectivity index (χ0v) is 18.9. The molecule has 0 bridgehead atoms. The molecule has 0 saturated heterocycles. The minimum absolute atomic E-state index is 0.536. The highest BCUT2D eigenvalue weighted by atomic mass is 79.9. The summed E-state index contributed by atoms with van der Waals surface area (Å²) in [6.45, 7) is 0. The van der Waals surface area contributed by atoms with Crippen molar-refractivity contribution in [3.05, 3.63) is 62.4 Å². The van der Waals surface area contributed by atoms with Crippen molar-refractivity contribution in [2.75, 3.05) is 0 Å². The summed E-state index contributed by atoms with van der Waals surface area (Å²) in [5, 5.41) is 16.3. The Balaban J connectivity index is 2.01. The highest BCUT2D eigenvalue weighted by molar-refractivity contribution is 9.11. The molecule has 0 saturated carbocycles. The number of thiophene rings is 3. The molecule has 1 nitrogen and oxygen atoms in total. The van der Waals surface area contributed by atoms with Crippen LogP contribution >= 0.6 is 81.8 Å². The van der Waals surface area contributed by atoms with Crippen LogP contribution < -0.4 is 0 Å². The fraction of sp³-hybridized carbons (Fsp3) is 0.188. The Kier molecular flexibility index (Phi) is 5.82. The number of hydrogen-bond acceptors (Lipinski definition) is 4. The SMILES string of the molecule is N#CC(Cc1cc(Br)cs1)(Cc1cc(Br)cs1)c1cc(Br)cs1. The summed E-state index contributed by atoms with van der Waals surface area (Å²) in [6.07, 6.45) is 1.45. The minimum Gasteiger partial charge on any atom is -0.197 e. The average molecular weight is 552 g/mol. The van der Waals surface area contributed by atoms with E-state index < -0.39 is 5.41 Å². The molecule has 0 atom stereocenters. The molecule has 0 aliphatic carbocycles. The van der Waals surface area contributed by atoms with Crippen LogP contribution in [0.5, 0.6) is 0 Å². The summed E-state index contributed by atoms with van der Waals surface area (Å²) in [5.41, 5.74) is -0.536. The van der Waals surface area contributed by atoms with Crippen molar-refractivity contribution in [2.45, 2.75) is 18.3 Å². The maximum Gasteiger partial charge on any atom is 0.101 e. The van der Waals surface area contributed by atoms with Crippen LogP contribution in [0.1, 0.15) is 14.6 Å². The minimum atomic E-state index is -0.536. The number of nitrogens with zero attached hydrogens (tertiary/aromatic N) is 1. The van der Waals surface area contributed by atoms with Gasteiger partial charge in [-0.15, -0.1) is 34.0 Å². The van der Waals surface area contributed by atoms with Crippen LogP contribution in [0.25, 0.3) is 0 Å². The highest BCUT2D eigenvalue weighted by Crippen LogP contribution is 2.40. The molecule has 3 heterocycles. The van der Waals surface area contributed by atoms with Crippen molar-refractivity contribution in [2.24, 2.45) is 0 Å². The fourth-order valence-corrected chi connectivity index (χ4v) is 7.13. The third-order valence-electron chi connectivity index (χ3n) is 3.45. The lowest BCUT2D eigenvalue weighted by Gasteiger charge is -2.24. The van der Waals surface area contributed by atoms with Gasteiger partial charge in [-0.05, 0) is 66.0 Å². The Bertz CT molecular complexity index is 814. The van der Waals surface area contributed by atoms with E-state index >= 15 is 0 Å². The molecule has 0 fully saturated rings. The average Bonchev–Trinajstić information content (AvgIpc) is 3.22. The van der Waals surface area contributed by atoms with Gasteiger partial charge in [-0.2, -0.15) is 5.26 Å². The topological polar surface area (TPSA) is 23.8 Å². The van der Waals surface area contributed by atoms with E-state index in [0.29, 0.717) is 0 Å². The predicted molar refractivity (Wildman–Crippen MR) is 111 cm³/mol. The molecule has 0 unspecified atom stereocenters. The van der Waals surface area contributed by atoms with Gasteiger partial charge >= 0.3 is 0 Å². The Morgan fingerprint density at radius 1 is 0.826 bits per heavy atom. The fourth-order valence-electron chi connectivity index (χ4n) is 2.42. The second kappa shape index (κ2) is 7.51. The van der Waals surface area contributed by atoms with E-state index in [0.717, 1.165) is 31.1 Å². The van der Waals surface area contributed by atoms with E-state index in [2.05, 4.69) is 88.2 Å². The molecule has 7 heteroatoms. The van der Waals surface area contributed by atoms with E-state index in [9.17, 15) is 5.26 Å². The summed E-state index contributed by atoms with van der Waals surface area (Å²) < 4.78 is 3.20. The number of nitriles is 1. The van der Waals surface area contributed by atoms with E-state index in [-0.39, 0.29) is 0 Å². The number of halogens is 3. The van der Waals surface area contributed by atoms with E-state index in [1.54, 1.807) is 34.0 Å². The Labute approximate surface area is 172 Å². The van der Waals surface area contributed by atoms with Gasteiger partial charge < -0.3 is 0 Å². The van der Waals surface area contributed by atoms with Crippen molar-refractivity contribution in [1.82, 2.24) is 0 Å². The molecule has 0 spiro atoms. The summed E-state index contributed by atoms with van der Waals surface area (Å²) >= 11 is 15.6. The molecule has 0 radical (unpaired) electrons. The molecule has 0 aliphatic heterocycles. The second-order valence-corrected chi connectivity index (χ2v) is 10.8. The van der Waals surface area contributed by atoms with Gasteiger partial charge in [0.1, 0.15) is 5.41 Å². The van der Waals surface area contributed by atoms with Crippen LogP contribution in [-0.4, -0.2) is 0 Å². The van der Waals surface area contributed by atoms with Crippen LogP contribution in [-0.2, 0) is 18.3 Å². The zero-order chi connectivity index (χ0) is 16.4. The van der Waals surface area contributed by atoms with Gasteiger partial charge in [0.15, 0.2) is 0 Å². The highest BCUT2D eigenvalue weighted by Gasteiger charge is 2.35. The molecular weight excluding hydrogens is 542 g/mol. The molecule has 118 valence electrons. The first-order valence-electron chi connectivity index (χ1n) is 6.62. The molecule has 3 aromatic heterocycles. The van der Waals surface area contributed by atoms with Crippen molar-refractivity contribution in [3.8, 4) is 6.07 Å². The lowest BCUT2D eigenvalue weighted by atomic mass is 9.80. The molecule has 0 aliphatic rings. The van der Waals surface area contributed by atoms with E-state index in [1.165, 1.54) is 9.75 Å². The monoisotopic (exact) mass is 549 g/mol. The maximum absolute atomic E-state index is 10.1. The first kappa shape index (κ1) is 17.8. The summed E-state index contributed by atoms with van der Waals surface area (Å²) in [4.78, 5) is 3.55. The number of hydrogen-bond donors (Lipinski definition) is 0. The molecule has 3 aromatic rings. The Hall–Kier alpha value is 0.0300. The van der Waals surface area contributed by atoms with Crippen molar-refractivity contribution in [1.29, 1.82) is 5.26 Å². The van der Waals surface area contributed by atoms with Crippen LogP contribution in [0.4, 0.5) is 0 Å². The van der Waals surface area contributed by atoms with Crippen molar-refractivity contribution < 1.29 is 0 Å². The third kappa shape index (κ3) is 4.17. The number of rotatable bonds is 5. The summed E-state index contributed by atoms with van der Waals surface area (Å²) in [6, 6.07) is 8.95. The Morgan fingerprint density at radius 2 is 1.30 bits per heavy atom. The van der Waals surface area contributed by atoms with Gasteiger partial charge in [-0.25, -0.2) is 0 Å². The zero-order valence-electron chi connectivity index (χ0n) is 11.7. The van der Waals surface area contributed by atoms with Crippen molar-refractivity contribution >= 4 is 81.8 Å². The molecular formula is C16H10Br3NS3. The van der Waals surface area contributed by atoms with Crippen LogP contribution in [0.2, 0.25) is 0 Å². The first-order valence-corrected chi connectivity index (χ1v) is 11.6. The van der Waals surface area contributed by atoms with Crippen molar-refractivity contribution in [3.63, 3.8) is 0 Å². The van der Waals surface area contributed by atoms with Gasteiger partial charge in [0.05, 0.1) is 6.07 Å². The molecule has 3 rings (SSSR count). The smallest absolute Gasteiger partial charge is 0.101 e. The largest absolute Gasteiger partial charge is 0.197 e. The van der Waals surface area contributed by atoms with Gasteiger partial charge in [0.2, 0.25) is 0 Å². The van der Waals surface area contributed by atoms with Crippen LogP contribution in [0.3, 0.4) is 0 Å². The van der Waals surface area contributed by atoms with Gasteiger partial charge in [0.25, 0.3) is 0 Å². The standard InChI is InChI=1S/C16H10Br3NS3/c17-10-1-13(21-6-10)4-16(9-20,15-3-12(19)8-23-15)5-14-2-11(18)7-22-14/h1-3,6-8H,4-5H2. The molecule has 23 heavy (non-hydrogen) atoms. The first-order chi connectivity index (χ1) is 11.0. The van der Waals surface area contributed by atoms with E-state index in [4.69, 9.17) is 0 Å². The Morgan fingerprint density at radius 3 is 1.65 bits per heavy atom. The molecule has 0 aromatic carbocycles. The van der Waals surface area contributed by atoms with Gasteiger partial charge in [-0.3, -0.25) is 0 Å². The van der Waals surface area contributed by atoms with Crippen LogP contribution in [0, 0.1) is 11.3 Å². The molecule has 0 amide bonds. The molecule has 0 N–H and O–H groups in total. The summed E-state index contributed by atoms with van der Waals surface area (Å²) in [5.74, 6) is 0. The third-order valence-corrected chi connectivity index (χ3v) is 8.74. The summed E-state index contributed by atoms with van der Waals surface area (Å²) in [7, 11) is 0.